The van der Waals surface area contributed by atoms with E-state index < -0.39 is 23.6 Å². The molecule has 0 atom stereocenters. The molecule has 1 amide bonds. The van der Waals surface area contributed by atoms with Crippen LogP contribution in [0.2, 0.25) is 0 Å². The number of hydrogen-bond acceptors (Lipinski definition) is 2. The van der Waals surface area contributed by atoms with Gasteiger partial charge in [-0.05, 0) is 42.5 Å². The molecule has 0 aliphatic carbocycles. The van der Waals surface area contributed by atoms with E-state index in [1.165, 1.54) is 30.3 Å². The first-order chi connectivity index (χ1) is 10.3. The standard InChI is InChI=1S/C15H10F3NO3/c16-15(17,18)11-3-1-2-10(8-11)13(20)19-12-6-4-9(5-7-12)14(21)22/h1-8H,(H,19,20)(H,21,22). The molecular weight excluding hydrogens is 299 g/mol. The topological polar surface area (TPSA) is 66.4 Å². The highest BCUT2D eigenvalue weighted by Gasteiger charge is 2.30. The Kier molecular flexibility index (Phi) is 4.16. The molecule has 2 aromatic rings. The van der Waals surface area contributed by atoms with Gasteiger partial charge in [0.25, 0.3) is 5.91 Å². The average Bonchev–Trinajstić information content (AvgIpc) is 2.47. The second-order valence-electron chi connectivity index (χ2n) is 4.42. The number of benzene rings is 2. The van der Waals surface area contributed by atoms with Gasteiger partial charge in [-0.25, -0.2) is 4.79 Å². The van der Waals surface area contributed by atoms with Gasteiger partial charge in [0.2, 0.25) is 0 Å². The van der Waals surface area contributed by atoms with Crippen LogP contribution in [0.15, 0.2) is 48.5 Å². The lowest BCUT2D eigenvalue weighted by Gasteiger charge is -2.09. The Hall–Kier alpha value is -2.83. The van der Waals surface area contributed by atoms with Crippen molar-refractivity contribution in [3.63, 3.8) is 0 Å². The van der Waals surface area contributed by atoms with Crippen LogP contribution in [0.25, 0.3) is 0 Å². The molecule has 0 saturated carbocycles. The van der Waals surface area contributed by atoms with Crippen molar-refractivity contribution in [1.82, 2.24) is 0 Å². The summed E-state index contributed by atoms with van der Waals surface area (Å²) < 4.78 is 37.8. The summed E-state index contributed by atoms with van der Waals surface area (Å²) in [5.74, 6) is -1.83. The summed E-state index contributed by atoms with van der Waals surface area (Å²) in [6, 6.07) is 9.30. The molecule has 0 saturated heterocycles. The van der Waals surface area contributed by atoms with Gasteiger partial charge in [0, 0.05) is 11.3 Å². The minimum absolute atomic E-state index is 0.0390. The second-order valence-corrected chi connectivity index (χ2v) is 4.42. The average molecular weight is 309 g/mol. The monoisotopic (exact) mass is 309 g/mol. The first-order valence-corrected chi connectivity index (χ1v) is 6.09. The maximum atomic E-state index is 12.6. The zero-order valence-electron chi connectivity index (χ0n) is 11.0. The van der Waals surface area contributed by atoms with Gasteiger partial charge >= 0.3 is 12.1 Å². The number of anilines is 1. The SMILES string of the molecule is O=C(O)c1ccc(NC(=O)c2cccc(C(F)(F)F)c2)cc1. The molecule has 4 nitrogen and oxygen atoms in total. The highest BCUT2D eigenvalue weighted by atomic mass is 19.4. The summed E-state index contributed by atoms with van der Waals surface area (Å²) in [6.45, 7) is 0. The lowest BCUT2D eigenvalue weighted by Crippen LogP contribution is -2.14. The molecule has 0 aromatic heterocycles. The van der Waals surface area contributed by atoms with Crippen molar-refractivity contribution in [3.8, 4) is 0 Å². The highest BCUT2D eigenvalue weighted by molar-refractivity contribution is 6.04. The van der Waals surface area contributed by atoms with Crippen molar-refractivity contribution >= 4 is 17.6 Å². The number of carboxylic acid groups (broad SMARTS) is 1. The van der Waals surface area contributed by atoms with Gasteiger partial charge in [-0.2, -0.15) is 13.2 Å². The van der Waals surface area contributed by atoms with Gasteiger partial charge in [-0.3, -0.25) is 4.79 Å². The minimum Gasteiger partial charge on any atom is -0.478 e. The third kappa shape index (κ3) is 3.63. The molecule has 0 bridgehead atoms. The number of carboxylic acids is 1. The number of carbonyl (C=O) groups excluding carboxylic acids is 1. The molecule has 2 rings (SSSR count). The van der Waals surface area contributed by atoms with Crippen LogP contribution in [-0.2, 0) is 6.18 Å². The molecule has 2 aromatic carbocycles. The highest BCUT2D eigenvalue weighted by Crippen LogP contribution is 2.29. The lowest BCUT2D eigenvalue weighted by atomic mass is 10.1. The van der Waals surface area contributed by atoms with E-state index in [1.54, 1.807) is 0 Å². The van der Waals surface area contributed by atoms with E-state index in [0.717, 1.165) is 18.2 Å². The molecule has 0 aliphatic rings. The van der Waals surface area contributed by atoms with Gasteiger partial charge in [0.15, 0.2) is 0 Å². The fraction of sp³-hybridized carbons (Fsp3) is 0.0667. The Bertz CT molecular complexity index is 709. The molecule has 22 heavy (non-hydrogen) atoms. The predicted octanol–water partition coefficient (Wildman–Crippen LogP) is 3.66. The van der Waals surface area contributed by atoms with Gasteiger partial charge in [0.1, 0.15) is 0 Å². The smallest absolute Gasteiger partial charge is 0.416 e. The summed E-state index contributed by atoms with van der Waals surface area (Å²) >= 11 is 0. The predicted molar refractivity (Wildman–Crippen MR) is 72.8 cm³/mol. The van der Waals surface area contributed by atoms with Crippen molar-refractivity contribution in [3.05, 3.63) is 65.2 Å². The summed E-state index contributed by atoms with van der Waals surface area (Å²) in [5.41, 5.74) is -0.733. The largest absolute Gasteiger partial charge is 0.478 e. The Morgan fingerprint density at radius 1 is 0.955 bits per heavy atom. The van der Waals surface area contributed by atoms with Crippen molar-refractivity contribution in [1.29, 1.82) is 0 Å². The van der Waals surface area contributed by atoms with Crippen LogP contribution in [0.5, 0.6) is 0 Å². The fourth-order valence-corrected chi connectivity index (χ4v) is 1.74. The second kappa shape index (κ2) is 5.88. The fourth-order valence-electron chi connectivity index (χ4n) is 1.74. The molecule has 2 N–H and O–H groups in total. The maximum Gasteiger partial charge on any atom is 0.416 e. The Morgan fingerprint density at radius 2 is 1.59 bits per heavy atom. The number of amides is 1. The van der Waals surface area contributed by atoms with Crippen LogP contribution >= 0.6 is 0 Å². The van der Waals surface area contributed by atoms with Gasteiger partial charge in [-0.15, -0.1) is 0 Å². The minimum atomic E-state index is -4.53. The third-order valence-corrected chi connectivity index (χ3v) is 2.84. The number of halogens is 3. The lowest BCUT2D eigenvalue weighted by molar-refractivity contribution is -0.137. The molecule has 7 heteroatoms. The summed E-state index contributed by atoms with van der Waals surface area (Å²) in [5, 5.41) is 11.2. The summed E-state index contributed by atoms with van der Waals surface area (Å²) in [4.78, 5) is 22.6. The Balaban J connectivity index is 2.17. The van der Waals surface area contributed by atoms with E-state index in [0.29, 0.717) is 0 Å². The zero-order chi connectivity index (χ0) is 16.3. The molecule has 0 fully saturated rings. The first kappa shape index (κ1) is 15.6. The van der Waals surface area contributed by atoms with Gasteiger partial charge in [0.05, 0.1) is 11.1 Å². The number of hydrogen-bond donors (Lipinski definition) is 2. The van der Waals surface area contributed by atoms with Gasteiger partial charge < -0.3 is 10.4 Å². The number of carbonyl (C=O) groups is 2. The van der Waals surface area contributed by atoms with Crippen molar-refractivity contribution < 1.29 is 27.9 Å². The van der Waals surface area contributed by atoms with Crippen LogP contribution in [0.1, 0.15) is 26.3 Å². The number of alkyl halides is 3. The van der Waals surface area contributed by atoms with E-state index in [2.05, 4.69) is 5.32 Å². The van der Waals surface area contributed by atoms with E-state index in [-0.39, 0.29) is 16.8 Å². The van der Waals surface area contributed by atoms with E-state index in [9.17, 15) is 22.8 Å². The zero-order valence-corrected chi connectivity index (χ0v) is 11.0. The van der Waals surface area contributed by atoms with Crippen molar-refractivity contribution in [2.24, 2.45) is 0 Å². The molecule has 0 spiro atoms. The number of aromatic carboxylic acids is 1. The molecule has 0 unspecified atom stereocenters. The number of rotatable bonds is 3. The third-order valence-electron chi connectivity index (χ3n) is 2.84. The van der Waals surface area contributed by atoms with Gasteiger partial charge in [-0.1, -0.05) is 6.07 Å². The number of nitrogens with one attached hydrogen (secondary N) is 1. The maximum absolute atomic E-state index is 12.6. The van der Waals surface area contributed by atoms with Crippen LogP contribution in [0.4, 0.5) is 18.9 Å². The first-order valence-electron chi connectivity index (χ1n) is 6.09. The molecule has 0 heterocycles. The summed E-state index contributed by atoms with van der Waals surface area (Å²) in [6.07, 6.45) is -4.53. The summed E-state index contributed by atoms with van der Waals surface area (Å²) in [7, 11) is 0. The quantitative estimate of drug-likeness (QED) is 0.909. The van der Waals surface area contributed by atoms with E-state index in [1.807, 2.05) is 0 Å². The van der Waals surface area contributed by atoms with Crippen LogP contribution in [0.3, 0.4) is 0 Å². The molecule has 114 valence electrons. The van der Waals surface area contributed by atoms with E-state index >= 15 is 0 Å². The van der Waals surface area contributed by atoms with Crippen LogP contribution < -0.4 is 5.32 Å². The molecule has 0 aliphatic heterocycles. The Labute approximate surface area is 123 Å². The van der Waals surface area contributed by atoms with Crippen molar-refractivity contribution in [2.75, 3.05) is 5.32 Å². The van der Waals surface area contributed by atoms with Crippen LogP contribution in [-0.4, -0.2) is 17.0 Å². The molecular formula is C15H10F3NO3. The molecule has 0 radical (unpaired) electrons. The van der Waals surface area contributed by atoms with Crippen LogP contribution in [0, 0.1) is 0 Å². The Morgan fingerprint density at radius 3 is 2.14 bits per heavy atom. The normalized spacial score (nSPS) is 11.0. The van der Waals surface area contributed by atoms with E-state index in [4.69, 9.17) is 5.11 Å². The van der Waals surface area contributed by atoms with Crippen molar-refractivity contribution in [2.45, 2.75) is 6.18 Å².